The van der Waals surface area contributed by atoms with Crippen molar-refractivity contribution in [3.05, 3.63) is 46.3 Å². The molecule has 8 nitrogen and oxygen atoms in total. The molecule has 152 valence electrons. The molecule has 1 fully saturated rings. The maximum absolute atomic E-state index is 12.4. The molecule has 0 unspecified atom stereocenters. The first kappa shape index (κ1) is 22.4. The van der Waals surface area contributed by atoms with E-state index in [4.69, 9.17) is 33.5 Å². The summed E-state index contributed by atoms with van der Waals surface area (Å²) in [4.78, 5) is 14.0. The zero-order valence-corrected chi connectivity index (χ0v) is 17.3. The number of benzene rings is 1. The van der Waals surface area contributed by atoms with Crippen LogP contribution in [0.3, 0.4) is 0 Å². The van der Waals surface area contributed by atoms with Crippen LogP contribution in [0.2, 0.25) is 10.0 Å². The Bertz CT molecular complexity index is 897. The maximum atomic E-state index is 12.4. The van der Waals surface area contributed by atoms with Crippen LogP contribution >= 0.6 is 23.2 Å². The van der Waals surface area contributed by atoms with Crippen molar-refractivity contribution in [2.75, 3.05) is 19.7 Å². The van der Waals surface area contributed by atoms with Crippen LogP contribution in [0.5, 0.6) is 5.75 Å². The summed E-state index contributed by atoms with van der Waals surface area (Å²) in [5.74, 6) is -0.0190. The summed E-state index contributed by atoms with van der Waals surface area (Å²) in [6, 6.07) is 2.68. The molecule has 0 aliphatic carbocycles. The van der Waals surface area contributed by atoms with Crippen LogP contribution in [-0.4, -0.2) is 45.0 Å². The van der Waals surface area contributed by atoms with E-state index in [1.165, 1.54) is 12.1 Å². The lowest BCUT2D eigenvalue weighted by Crippen LogP contribution is -2.47. The number of halogens is 2. The number of nitrogens with zero attached hydrogens (tertiary/aromatic N) is 2. The van der Waals surface area contributed by atoms with Crippen molar-refractivity contribution in [2.24, 2.45) is 5.11 Å². The molecule has 28 heavy (non-hydrogen) atoms. The van der Waals surface area contributed by atoms with E-state index in [0.717, 1.165) is 5.41 Å². The van der Waals surface area contributed by atoms with Crippen LogP contribution in [0.4, 0.5) is 0 Å². The van der Waals surface area contributed by atoms with E-state index in [2.05, 4.69) is 23.0 Å². The van der Waals surface area contributed by atoms with Crippen molar-refractivity contribution < 1.29 is 17.9 Å². The van der Waals surface area contributed by atoms with Gasteiger partial charge in [-0.25, -0.2) is 18.7 Å². The van der Waals surface area contributed by atoms with Crippen molar-refractivity contribution in [3.63, 3.8) is 0 Å². The third-order valence-electron chi connectivity index (χ3n) is 4.22. The number of ether oxygens (including phenoxy) is 1. The van der Waals surface area contributed by atoms with Gasteiger partial charge in [0.2, 0.25) is 10.0 Å². The topological polar surface area (TPSA) is 112 Å². The van der Waals surface area contributed by atoms with E-state index in [-0.39, 0.29) is 40.0 Å². The highest BCUT2D eigenvalue weighted by molar-refractivity contribution is 7.92. The summed E-state index contributed by atoms with van der Waals surface area (Å²) in [5, 5.41) is 4.60. The summed E-state index contributed by atoms with van der Waals surface area (Å²) in [6.07, 6.45) is 0.991. The highest BCUT2D eigenvalue weighted by Gasteiger charge is 2.25. The highest BCUT2D eigenvalue weighted by atomic mass is 35.5. The summed E-state index contributed by atoms with van der Waals surface area (Å²) < 4.78 is 31.1. The molecule has 0 aromatic heterocycles. The number of hydrogen-bond acceptors (Lipinski definition) is 6. The molecule has 0 spiro atoms. The van der Waals surface area contributed by atoms with Gasteiger partial charge in [0.1, 0.15) is 5.75 Å². The molecule has 0 radical (unpaired) electrons. The Morgan fingerprint density at radius 3 is 2.57 bits per heavy atom. The number of carbonyl (C=O) groups is 1. The zero-order valence-electron chi connectivity index (χ0n) is 15.0. The van der Waals surface area contributed by atoms with Gasteiger partial charge in [0.05, 0.1) is 15.7 Å². The molecule has 0 atom stereocenters. The minimum atomic E-state index is -3.49. The van der Waals surface area contributed by atoms with Crippen LogP contribution in [0.15, 0.2) is 35.8 Å². The maximum Gasteiger partial charge on any atom is 0.260 e. The molecule has 1 aromatic rings. The van der Waals surface area contributed by atoms with Crippen molar-refractivity contribution >= 4 is 44.8 Å². The van der Waals surface area contributed by atoms with E-state index in [1.54, 1.807) is 4.90 Å². The molecule has 11 heteroatoms. The van der Waals surface area contributed by atoms with E-state index in [1.807, 2.05) is 0 Å². The standard InChI is InChI=1S/C17H20Cl2N4O4S/c1-3-28(25,26)22-12-4-6-23(7-5-12)17(24)10-27-16-8-13(11(2)21-20)14(18)9-15(16)19/h3,8-9,12,20,22H,1-2,4-7,10H2. The molecule has 1 saturated heterocycles. The Balaban J connectivity index is 1.94. The van der Waals surface area contributed by atoms with Crippen molar-refractivity contribution in [2.45, 2.75) is 18.9 Å². The van der Waals surface area contributed by atoms with Gasteiger partial charge in [-0.15, -0.1) is 0 Å². The number of likely N-dealkylation sites (tertiary alicyclic amines) is 1. The van der Waals surface area contributed by atoms with Gasteiger partial charge in [-0.3, -0.25) is 4.79 Å². The quantitative estimate of drug-likeness (QED) is 0.595. The first-order valence-electron chi connectivity index (χ1n) is 8.28. The number of sulfonamides is 1. The third kappa shape index (κ3) is 5.78. The van der Waals surface area contributed by atoms with Gasteiger partial charge in [0.15, 0.2) is 6.61 Å². The fraction of sp³-hybridized carbons (Fsp3) is 0.353. The molecule has 0 saturated carbocycles. The Kier molecular flexibility index (Phi) is 7.59. The second-order valence-electron chi connectivity index (χ2n) is 6.09. The fourth-order valence-corrected chi connectivity index (χ4v) is 4.02. The van der Waals surface area contributed by atoms with Crippen molar-refractivity contribution in [3.8, 4) is 5.75 Å². The van der Waals surface area contributed by atoms with Crippen LogP contribution in [-0.2, 0) is 14.8 Å². The average molecular weight is 447 g/mol. The van der Waals surface area contributed by atoms with Crippen LogP contribution < -0.4 is 9.46 Å². The second kappa shape index (κ2) is 9.51. The van der Waals surface area contributed by atoms with E-state index >= 15 is 0 Å². The third-order valence-corrected chi connectivity index (χ3v) is 5.93. The van der Waals surface area contributed by atoms with Gasteiger partial charge >= 0.3 is 0 Å². The molecular weight excluding hydrogens is 427 g/mol. The van der Waals surface area contributed by atoms with Crippen LogP contribution in [0.25, 0.3) is 5.70 Å². The Hall–Kier alpha value is -1.94. The predicted molar refractivity (Wildman–Crippen MR) is 108 cm³/mol. The smallest absolute Gasteiger partial charge is 0.260 e. The van der Waals surface area contributed by atoms with Gasteiger partial charge in [-0.1, -0.05) is 36.4 Å². The molecule has 0 bridgehead atoms. The van der Waals surface area contributed by atoms with Gasteiger partial charge in [-0.05, 0) is 25.0 Å². The Morgan fingerprint density at radius 1 is 1.36 bits per heavy atom. The average Bonchev–Trinajstić information content (AvgIpc) is 2.66. The lowest BCUT2D eigenvalue weighted by molar-refractivity contribution is -0.134. The Morgan fingerprint density at radius 2 is 2.00 bits per heavy atom. The minimum Gasteiger partial charge on any atom is -0.482 e. The summed E-state index contributed by atoms with van der Waals surface area (Å²) >= 11 is 12.2. The number of carbonyl (C=O) groups excluding carboxylic acids is 1. The predicted octanol–water partition coefficient (Wildman–Crippen LogP) is 3.43. The van der Waals surface area contributed by atoms with E-state index < -0.39 is 10.0 Å². The first-order chi connectivity index (χ1) is 13.2. The molecule has 1 aliphatic rings. The van der Waals surface area contributed by atoms with Gasteiger partial charge < -0.3 is 9.64 Å². The van der Waals surface area contributed by atoms with Crippen LogP contribution in [0.1, 0.15) is 18.4 Å². The molecule has 1 aliphatic heterocycles. The zero-order chi connectivity index (χ0) is 20.9. The molecule has 1 amide bonds. The van der Waals surface area contributed by atoms with Crippen LogP contribution in [0, 0.1) is 5.53 Å². The number of rotatable bonds is 8. The second-order valence-corrected chi connectivity index (χ2v) is 8.57. The molecule has 1 aromatic carbocycles. The van der Waals surface area contributed by atoms with Gasteiger partial charge in [0, 0.05) is 30.1 Å². The fourth-order valence-electron chi connectivity index (χ4n) is 2.68. The molecular formula is C17H20Cl2N4O4S. The van der Waals surface area contributed by atoms with Crippen molar-refractivity contribution in [1.29, 1.82) is 5.53 Å². The number of hydrogen-bond donors (Lipinski definition) is 2. The highest BCUT2D eigenvalue weighted by Crippen LogP contribution is 2.34. The Labute approximate surface area is 173 Å². The van der Waals surface area contributed by atoms with Gasteiger partial charge in [-0.2, -0.15) is 5.11 Å². The van der Waals surface area contributed by atoms with E-state index in [9.17, 15) is 13.2 Å². The van der Waals surface area contributed by atoms with Crippen molar-refractivity contribution in [1.82, 2.24) is 9.62 Å². The summed E-state index contributed by atoms with van der Waals surface area (Å²) in [6.45, 7) is 7.44. The minimum absolute atomic E-state index is 0.141. The summed E-state index contributed by atoms with van der Waals surface area (Å²) in [5.41, 5.74) is 7.57. The number of nitrogens with one attached hydrogen (secondary N) is 2. The largest absolute Gasteiger partial charge is 0.482 e. The molecule has 1 heterocycles. The van der Waals surface area contributed by atoms with Gasteiger partial charge in [0.25, 0.3) is 5.91 Å². The van der Waals surface area contributed by atoms with E-state index in [0.29, 0.717) is 31.5 Å². The molecule has 2 rings (SSSR count). The monoisotopic (exact) mass is 446 g/mol. The lowest BCUT2D eigenvalue weighted by Gasteiger charge is -2.32. The number of piperidine rings is 1. The molecule has 2 N–H and O–H groups in total. The normalized spacial score (nSPS) is 15.1. The number of amides is 1. The SMILES string of the molecule is C=CS(=O)(=O)NC1CCN(C(=O)COc2cc(C(=C)N=N)c(Cl)cc2Cl)CC1. The lowest BCUT2D eigenvalue weighted by atomic mass is 10.1. The summed E-state index contributed by atoms with van der Waals surface area (Å²) in [7, 11) is -3.49. The first-order valence-corrected chi connectivity index (χ1v) is 10.6.